The number of ether oxygens (including phenoxy) is 2. The van der Waals surface area contributed by atoms with E-state index in [1.807, 2.05) is 36.7 Å². The topological polar surface area (TPSA) is 85.6 Å². The third-order valence-electron chi connectivity index (χ3n) is 3.47. The minimum atomic E-state index is 0.518. The van der Waals surface area contributed by atoms with Crippen LogP contribution in [0.15, 0.2) is 23.2 Å². The van der Waals surface area contributed by atoms with Crippen LogP contribution in [0.1, 0.15) is 11.6 Å². The van der Waals surface area contributed by atoms with E-state index >= 15 is 0 Å². The number of methoxy groups -OCH3 is 2. The number of nitrogens with one attached hydrogen (secondary N) is 2. The highest BCUT2D eigenvalue weighted by molar-refractivity contribution is 5.93. The van der Waals surface area contributed by atoms with Gasteiger partial charge in [-0.1, -0.05) is 0 Å². The summed E-state index contributed by atoms with van der Waals surface area (Å²) in [5.41, 5.74) is 0.838. The fourth-order valence-electron chi connectivity index (χ4n) is 2.00. The van der Waals surface area contributed by atoms with Crippen LogP contribution in [0.25, 0.3) is 0 Å². The molecule has 0 amide bonds. The number of hydrogen-bond acceptors (Lipinski definition) is 5. The lowest BCUT2D eigenvalue weighted by atomic mass is 10.3. The van der Waals surface area contributed by atoms with Crippen molar-refractivity contribution in [1.29, 1.82) is 0 Å². The van der Waals surface area contributed by atoms with E-state index in [2.05, 4.69) is 25.8 Å². The summed E-state index contributed by atoms with van der Waals surface area (Å²) in [6.45, 7) is 2.43. The summed E-state index contributed by atoms with van der Waals surface area (Å²) in [6, 6.07) is 5.57. The van der Waals surface area contributed by atoms with Gasteiger partial charge in [0.25, 0.3) is 0 Å². The van der Waals surface area contributed by atoms with E-state index in [4.69, 9.17) is 9.47 Å². The molecule has 124 valence electrons. The van der Waals surface area contributed by atoms with Gasteiger partial charge in [-0.25, -0.2) is 0 Å². The van der Waals surface area contributed by atoms with Gasteiger partial charge in [0.05, 0.1) is 20.8 Å². The van der Waals surface area contributed by atoms with Gasteiger partial charge in [0, 0.05) is 25.8 Å². The first-order chi connectivity index (χ1) is 11.1. The van der Waals surface area contributed by atoms with Crippen LogP contribution in [0.2, 0.25) is 0 Å². The molecule has 0 spiro atoms. The number of guanidine groups is 1. The molecule has 2 rings (SSSR count). The van der Waals surface area contributed by atoms with Gasteiger partial charge in [0.2, 0.25) is 0 Å². The molecule has 0 aliphatic carbocycles. The smallest absolute Gasteiger partial charge is 0.195 e. The Morgan fingerprint density at radius 1 is 1.22 bits per heavy atom. The van der Waals surface area contributed by atoms with Crippen LogP contribution in [-0.2, 0) is 13.6 Å². The highest BCUT2D eigenvalue weighted by Gasteiger charge is 2.08. The second kappa shape index (κ2) is 7.48. The highest BCUT2D eigenvalue weighted by atomic mass is 16.5. The van der Waals surface area contributed by atoms with Gasteiger partial charge in [-0.05, 0) is 19.1 Å². The Morgan fingerprint density at radius 3 is 2.52 bits per heavy atom. The zero-order chi connectivity index (χ0) is 16.8. The molecule has 0 aliphatic heterocycles. The molecule has 23 heavy (non-hydrogen) atoms. The molecule has 8 heteroatoms. The third-order valence-corrected chi connectivity index (χ3v) is 3.47. The maximum Gasteiger partial charge on any atom is 0.195 e. The first-order valence-corrected chi connectivity index (χ1v) is 7.13. The van der Waals surface area contributed by atoms with Gasteiger partial charge in [-0.15, -0.1) is 10.2 Å². The van der Waals surface area contributed by atoms with E-state index in [0.717, 1.165) is 17.3 Å². The normalized spacial score (nSPS) is 11.3. The van der Waals surface area contributed by atoms with Crippen molar-refractivity contribution in [2.24, 2.45) is 12.0 Å². The van der Waals surface area contributed by atoms with E-state index < -0.39 is 0 Å². The summed E-state index contributed by atoms with van der Waals surface area (Å²) in [7, 11) is 6.84. The summed E-state index contributed by atoms with van der Waals surface area (Å²) in [6.07, 6.45) is 0. The summed E-state index contributed by atoms with van der Waals surface area (Å²) in [5.74, 6) is 3.65. The summed E-state index contributed by atoms with van der Waals surface area (Å²) >= 11 is 0. The third kappa shape index (κ3) is 3.91. The van der Waals surface area contributed by atoms with E-state index in [-0.39, 0.29) is 0 Å². The second-order valence-corrected chi connectivity index (χ2v) is 4.84. The average molecular weight is 318 g/mol. The standard InChI is InChI=1S/C15H22N6O2/c1-10-19-20-14(21(10)3)9-17-15(16-2)18-11-6-7-12(22-4)13(8-11)23-5/h6-8H,9H2,1-5H3,(H2,16,17,18). The molecule has 0 saturated carbocycles. The number of anilines is 1. The lowest BCUT2D eigenvalue weighted by Gasteiger charge is -2.14. The molecule has 0 aliphatic rings. The average Bonchev–Trinajstić information content (AvgIpc) is 2.90. The van der Waals surface area contributed by atoms with Crippen molar-refractivity contribution >= 4 is 11.6 Å². The van der Waals surface area contributed by atoms with Crippen molar-refractivity contribution in [1.82, 2.24) is 20.1 Å². The molecule has 0 bridgehead atoms. The van der Waals surface area contributed by atoms with Crippen molar-refractivity contribution in [3.63, 3.8) is 0 Å². The summed E-state index contributed by atoms with van der Waals surface area (Å²) < 4.78 is 12.4. The van der Waals surface area contributed by atoms with Crippen molar-refractivity contribution in [3.8, 4) is 11.5 Å². The van der Waals surface area contributed by atoms with Crippen molar-refractivity contribution < 1.29 is 9.47 Å². The van der Waals surface area contributed by atoms with Crippen LogP contribution in [-0.4, -0.2) is 42.0 Å². The van der Waals surface area contributed by atoms with Crippen LogP contribution in [0.3, 0.4) is 0 Å². The van der Waals surface area contributed by atoms with Crippen molar-refractivity contribution in [2.75, 3.05) is 26.6 Å². The number of aryl methyl sites for hydroxylation is 1. The van der Waals surface area contributed by atoms with E-state index in [0.29, 0.717) is 24.0 Å². The number of nitrogens with zero attached hydrogens (tertiary/aromatic N) is 4. The SMILES string of the molecule is CN=C(NCc1nnc(C)n1C)Nc1ccc(OC)c(OC)c1. The number of rotatable bonds is 5. The fourth-order valence-corrected chi connectivity index (χ4v) is 2.00. The molecule has 2 N–H and O–H groups in total. The Kier molecular flexibility index (Phi) is 5.40. The van der Waals surface area contributed by atoms with Crippen molar-refractivity contribution in [3.05, 3.63) is 29.8 Å². The molecule has 1 aromatic heterocycles. The molecule has 0 radical (unpaired) electrons. The highest BCUT2D eigenvalue weighted by Crippen LogP contribution is 2.29. The van der Waals surface area contributed by atoms with Gasteiger partial charge in [0.15, 0.2) is 23.3 Å². The van der Waals surface area contributed by atoms with Crippen LogP contribution in [0.4, 0.5) is 5.69 Å². The molecule has 8 nitrogen and oxygen atoms in total. The second-order valence-electron chi connectivity index (χ2n) is 4.84. The molecule has 0 fully saturated rings. The van der Waals surface area contributed by atoms with E-state index in [1.54, 1.807) is 21.3 Å². The monoisotopic (exact) mass is 318 g/mol. The summed E-state index contributed by atoms with van der Waals surface area (Å²) in [4.78, 5) is 4.20. The van der Waals surface area contributed by atoms with E-state index in [1.165, 1.54) is 0 Å². The first-order valence-electron chi connectivity index (χ1n) is 7.13. The lowest BCUT2D eigenvalue weighted by Crippen LogP contribution is -2.31. The molecule has 1 heterocycles. The first kappa shape index (κ1) is 16.6. The minimum Gasteiger partial charge on any atom is -0.493 e. The molecule has 0 unspecified atom stereocenters. The predicted octanol–water partition coefficient (Wildman–Crippen LogP) is 1.33. The Bertz CT molecular complexity index is 695. The molecule has 0 atom stereocenters. The zero-order valence-corrected chi connectivity index (χ0v) is 14.0. The van der Waals surface area contributed by atoms with Crippen molar-refractivity contribution in [2.45, 2.75) is 13.5 Å². The van der Waals surface area contributed by atoms with Crippen LogP contribution in [0, 0.1) is 6.92 Å². The number of aromatic nitrogens is 3. The quantitative estimate of drug-likeness (QED) is 0.639. The van der Waals surface area contributed by atoms with Gasteiger partial charge >= 0.3 is 0 Å². The molecular formula is C15H22N6O2. The van der Waals surface area contributed by atoms with Crippen LogP contribution >= 0.6 is 0 Å². The largest absolute Gasteiger partial charge is 0.493 e. The van der Waals surface area contributed by atoms with Gasteiger partial charge in [-0.2, -0.15) is 0 Å². The minimum absolute atomic E-state index is 0.518. The summed E-state index contributed by atoms with van der Waals surface area (Å²) in [5, 5.41) is 14.5. The number of benzene rings is 1. The fraction of sp³-hybridized carbons (Fsp3) is 0.400. The predicted molar refractivity (Wildman–Crippen MR) is 89.1 cm³/mol. The molecule has 1 aromatic carbocycles. The van der Waals surface area contributed by atoms with Gasteiger partial charge in [-0.3, -0.25) is 4.99 Å². The van der Waals surface area contributed by atoms with E-state index in [9.17, 15) is 0 Å². The number of aliphatic imine (C=N–C) groups is 1. The Hall–Kier alpha value is -2.77. The zero-order valence-electron chi connectivity index (χ0n) is 14.0. The lowest BCUT2D eigenvalue weighted by molar-refractivity contribution is 0.355. The Balaban J connectivity index is 2.04. The molecular weight excluding hydrogens is 296 g/mol. The Labute approximate surface area is 135 Å². The van der Waals surface area contributed by atoms with Crippen LogP contribution in [0.5, 0.6) is 11.5 Å². The van der Waals surface area contributed by atoms with Gasteiger partial charge in [0.1, 0.15) is 5.82 Å². The van der Waals surface area contributed by atoms with Gasteiger partial charge < -0.3 is 24.7 Å². The molecule has 2 aromatic rings. The van der Waals surface area contributed by atoms with Crippen LogP contribution < -0.4 is 20.1 Å². The Morgan fingerprint density at radius 2 is 1.96 bits per heavy atom. The molecule has 0 saturated heterocycles. The maximum absolute atomic E-state index is 5.29. The maximum atomic E-state index is 5.29. The number of hydrogen-bond donors (Lipinski definition) is 2.